The molecule has 2 bridgehead atoms. The summed E-state index contributed by atoms with van der Waals surface area (Å²) in [6, 6.07) is 22.3. The van der Waals surface area contributed by atoms with E-state index < -0.39 is 0 Å². The number of benzene rings is 3. The van der Waals surface area contributed by atoms with Crippen molar-refractivity contribution in [2.45, 2.75) is 148 Å². The van der Waals surface area contributed by atoms with Gasteiger partial charge in [0.25, 0.3) is 6.47 Å². The van der Waals surface area contributed by atoms with Crippen LogP contribution in [0.25, 0.3) is 33.3 Å². The first-order valence-corrected chi connectivity index (χ1v) is 24.4. The van der Waals surface area contributed by atoms with Crippen LogP contribution in [0.4, 0.5) is 4.79 Å². The van der Waals surface area contributed by atoms with Crippen LogP contribution in [0.2, 0.25) is 0 Å². The first-order valence-electron chi connectivity index (χ1n) is 24.4. The highest BCUT2D eigenvalue weighted by Crippen LogP contribution is 2.58. The van der Waals surface area contributed by atoms with Crippen LogP contribution in [-0.4, -0.2) is 114 Å². The third-order valence-corrected chi connectivity index (χ3v) is 14.0. The molecule has 14 nitrogen and oxygen atoms in total. The Morgan fingerprint density at radius 1 is 0.881 bits per heavy atom. The fourth-order valence-electron chi connectivity index (χ4n) is 10.3. The van der Waals surface area contributed by atoms with E-state index in [0.717, 1.165) is 61.2 Å². The maximum absolute atomic E-state index is 11.7. The number of aromatic nitrogens is 2. The molecule has 2 amide bonds. The lowest BCUT2D eigenvalue weighted by molar-refractivity contribution is -0.123. The average Bonchev–Trinajstić information content (AvgIpc) is 4.21. The van der Waals surface area contributed by atoms with Gasteiger partial charge in [-0.3, -0.25) is 19.5 Å². The quantitative estimate of drug-likeness (QED) is 0.0962. The van der Waals surface area contributed by atoms with Gasteiger partial charge in [-0.2, -0.15) is 0 Å². The molecule has 6 unspecified atom stereocenters. The lowest BCUT2D eigenvalue weighted by atomic mass is 9.81. The molecule has 1 aromatic heterocycles. The Kier molecular flexibility index (Phi) is 19.5. The molecule has 3 aliphatic heterocycles. The lowest BCUT2D eigenvalue weighted by Gasteiger charge is -2.25. The average molecular weight is 921 g/mol. The summed E-state index contributed by atoms with van der Waals surface area (Å²) in [6.07, 6.45) is 11.1. The molecule has 8 atom stereocenters. The van der Waals surface area contributed by atoms with Gasteiger partial charge in [-0.05, 0) is 149 Å². The molecule has 1 saturated carbocycles. The number of nitrogens with one attached hydrogen (secondary N) is 4. The number of fused-ring (bicyclic) bond motifs is 6. The maximum Gasteiger partial charge on any atom is 0.406 e. The largest absolute Gasteiger partial charge is 0.483 e. The van der Waals surface area contributed by atoms with Gasteiger partial charge in [-0.15, -0.1) is 0 Å². The van der Waals surface area contributed by atoms with E-state index in [9.17, 15) is 14.4 Å². The van der Waals surface area contributed by atoms with Crippen LogP contribution in [0.5, 0.6) is 0 Å². The molecule has 5 aliphatic rings. The molecule has 3 aromatic carbocycles. The third kappa shape index (κ3) is 12.3. The molecule has 67 heavy (non-hydrogen) atoms. The minimum atomic E-state index is -0.373. The third-order valence-electron chi connectivity index (χ3n) is 14.0. The van der Waals surface area contributed by atoms with Gasteiger partial charge in [0.15, 0.2) is 0 Å². The molecule has 5 N–H and O–H groups in total. The summed E-state index contributed by atoms with van der Waals surface area (Å²) in [5, 5.41) is 15.9. The molecular weight excluding hydrogens is 845 g/mol. The number of ether oxygens (including phenoxy) is 1. The Balaban J connectivity index is 0.000000338. The number of carbonyl (C=O) groups is 4. The number of aldehydes is 1. The summed E-state index contributed by atoms with van der Waals surface area (Å²) >= 11 is 0. The number of carbonyl (C=O) groups excluding carboxylic acids is 3. The monoisotopic (exact) mass is 921 g/mol. The molecule has 0 spiro atoms. The van der Waals surface area contributed by atoms with Crippen LogP contribution in [0, 0.1) is 5.92 Å². The summed E-state index contributed by atoms with van der Waals surface area (Å²) in [7, 11) is 5.36. The SMILES string of the molecule is CC1CCC(C2=NCC(c3ccc(-c4ccc(-c5ccc6nc([C@@H]7CC[C@H](C)N7C)[nH]c6c5)c5c4C4CCC5C4)cc3)N2)N1C=O.CCC.CCNC(=O)OC.CNC(C=O)C(C)C.O=CO. The topological polar surface area (TPSA) is 181 Å². The van der Waals surface area contributed by atoms with Gasteiger partial charge in [-0.1, -0.05) is 76.6 Å². The van der Waals surface area contributed by atoms with Crippen molar-refractivity contribution in [2.24, 2.45) is 10.9 Å². The number of aliphatic imine (C=N–C) groups is 1. The fourth-order valence-corrected chi connectivity index (χ4v) is 10.3. The van der Waals surface area contributed by atoms with Crippen molar-refractivity contribution in [1.29, 1.82) is 0 Å². The van der Waals surface area contributed by atoms with Crippen molar-refractivity contribution in [3.8, 4) is 22.3 Å². The zero-order valence-corrected chi connectivity index (χ0v) is 41.5. The van der Waals surface area contributed by atoms with Crippen molar-refractivity contribution < 1.29 is 29.0 Å². The Bertz CT molecular complexity index is 2280. The van der Waals surface area contributed by atoms with Crippen LogP contribution < -0.4 is 16.0 Å². The van der Waals surface area contributed by atoms with Crippen molar-refractivity contribution in [1.82, 2.24) is 35.7 Å². The number of amidine groups is 1. The highest BCUT2D eigenvalue weighted by Gasteiger charge is 2.41. The van der Waals surface area contributed by atoms with E-state index in [0.29, 0.717) is 36.4 Å². The number of methoxy groups -OCH3 is 1. The predicted molar refractivity (Wildman–Crippen MR) is 269 cm³/mol. The molecule has 364 valence electrons. The van der Waals surface area contributed by atoms with Crippen LogP contribution in [0.15, 0.2) is 59.6 Å². The number of imidazole rings is 1. The molecule has 2 saturated heterocycles. The van der Waals surface area contributed by atoms with E-state index in [-0.39, 0.29) is 36.7 Å². The number of likely N-dealkylation sites (N-methyl/N-ethyl adjacent to an activating group) is 1. The van der Waals surface area contributed by atoms with Gasteiger partial charge in [0.2, 0.25) is 6.41 Å². The molecule has 4 aromatic rings. The van der Waals surface area contributed by atoms with Crippen molar-refractivity contribution in [3.05, 3.63) is 77.1 Å². The lowest BCUT2D eigenvalue weighted by Crippen LogP contribution is -2.43. The van der Waals surface area contributed by atoms with Gasteiger partial charge in [-0.25, -0.2) is 9.78 Å². The van der Waals surface area contributed by atoms with Crippen LogP contribution >= 0.6 is 0 Å². The molecule has 9 rings (SSSR count). The summed E-state index contributed by atoms with van der Waals surface area (Å²) in [5.41, 5.74) is 12.0. The van der Waals surface area contributed by atoms with E-state index in [4.69, 9.17) is 19.9 Å². The zero-order chi connectivity index (χ0) is 48.8. The van der Waals surface area contributed by atoms with E-state index in [1.807, 2.05) is 25.7 Å². The molecule has 2 aliphatic carbocycles. The molecule has 14 heteroatoms. The highest BCUT2D eigenvalue weighted by atomic mass is 16.5. The van der Waals surface area contributed by atoms with Gasteiger partial charge < -0.3 is 40.5 Å². The Morgan fingerprint density at radius 3 is 1.99 bits per heavy atom. The minimum Gasteiger partial charge on any atom is -0.483 e. The minimum absolute atomic E-state index is 0.0231. The number of rotatable bonds is 10. The Labute approximate surface area is 398 Å². The summed E-state index contributed by atoms with van der Waals surface area (Å²) in [5.74, 6) is 3.78. The number of carboxylic acid groups (broad SMARTS) is 1. The number of hydrogen-bond acceptors (Lipinski definition) is 10. The number of nitrogens with zero attached hydrogens (tertiary/aromatic N) is 4. The van der Waals surface area contributed by atoms with E-state index >= 15 is 0 Å². The first-order chi connectivity index (χ1) is 32.3. The first kappa shape index (κ1) is 52.4. The number of amides is 2. The van der Waals surface area contributed by atoms with Gasteiger partial charge in [0.05, 0.1) is 48.9 Å². The maximum atomic E-state index is 11.7. The van der Waals surface area contributed by atoms with E-state index in [1.54, 1.807) is 18.2 Å². The normalized spacial score (nSPS) is 23.7. The van der Waals surface area contributed by atoms with Crippen LogP contribution in [0.3, 0.4) is 0 Å². The molecule has 4 heterocycles. The Morgan fingerprint density at radius 2 is 1.48 bits per heavy atom. The second kappa shape index (κ2) is 25.0. The fraction of sp³-hybridized carbons (Fsp3) is 0.547. The molecule has 3 fully saturated rings. The van der Waals surface area contributed by atoms with Crippen molar-refractivity contribution in [2.75, 3.05) is 34.3 Å². The number of hydrogen-bond donors (Lipinski definition) is 5. The van der Waals surface area contributed by atoms with E-state index in [1.165, 1.54) is 67.0 Å². The van der Waals surface area contributed by atoms with Gasteiger partial charge in [0, 0.05) is 18.6 Å². The number of alkyl carbamates (subject to hydrolysis) is 1. The number of H-pyrrole nitrogens is 1. The zero-order valence-electron chi connectivity index (χ0n) is 41.5. The second-order valence-corrected chi connectivity index (χ2v) is 18.7. The van der Waals surface area contributed by atoms with Crippen molar-refractivity contribution >= 4 is 42.1 Å². The van der Waals surface area contributed by atoms with Gasteiger partial charge >= 0.3 is 6.09 Å². The molecular formula is C53H76N8O6. The van der Waals surface area contributed by atoms with Gasteiger partial charge in [0.1, 0.15) is 17.9 Å². The van der Waals surface area contributed by atoms with Crippen molar-refractivity contribution in [3.63, 3.8) is 0 Å². The highest BCUT2D eigenvalue weighted by molar-refractivity contribution is 5.91. The summed E-state index contributed by atoms with van der Waals surface area (Å²) in [6.45, 7) is 15.6. The predicted octanol–water partition coefficient (Wildman–Crippen LogP) is 9.38. The standard InChI is InChI=1S/C39H44N6O.C6H13NO.C4H9NO2.C3H8.CH2O2/c1-22-4-16-34(44(22)3)39-41-31-15-12-26(19-32(31)42-39)30-14-13-29(36-27-10-11-28(18-27)37(30)36)24-6-8-25(9-7-24)33-20-40-38(43-33)35-17-5-23(2)45(35)21-46;1-5(2)6(4-8)7-3;1-3-5-4(6)7-2;1-3-2;2-1-3/h6-9,12-15,19,21-23,27-28,33-35H,4-5,10-11,16-18,20H2,1-3H3,(H,40,43)(H,41,42);4-7H,1-3H3;3H2,1-2H3,(H,5,6);3H2,1-2H3;1H,(H,2,3)/t22-,23?,27?,28?,33?,34-,35?;;;;/m0..../s1. The van der Waals surface area contributed by atoms with E-state index in [2.05, 4.69) is 120 Å². The molecule has 0 radical (unpaired) electrons. The van der Waals surface area contributed by atoms with Crippen LogP contribution in [-0.2, 0) is 19.1 Å². The second-order valence-electron chi connectivity index (χ2n) is 18.7. The van der Waals surface area contributed by atoms with Crippen LogP contribution in [0.1, 0.15) is 146 Å². The summed E-state index contributed by atoms with van der Waals surface area (Å²) < 4.78 is 4.24. The smallest absolute Gasteiger partial charge is 0.406 e. The number of likely N-dealkylation sites (tertiary alicyclic amines) is 2. The Hall–Kier alpha value is -5.60. The number of aromatic amines is 1. The summed E-state index contributed by atoms with van der Waals surface area (Å²) in [4.78, 5) is 58.2.